The standard InChI is InChI=1S/C20H18ClN3OS2/c21-15-7-5-13(6-8-15)18(25)23-20(26)24-11-9-14(10-12-24)19-22-16-3-1-2-4-17(16)27-19/h1-8,14H,9-12H2,(H,23,25,26). The van der Waals surface area contributed by atoms with E-state index in [0.717, 1.165) is 31.4 Å². The molecule has 2 aromatic carbocycles. The van der Waals surface area contributed by atoms with E-state index in [1.807, 2.05) is 6.07 Å². The van der Waals surface area contributed by atoms with Gasteiger partial charge >= 0.3 is 0 Å². The summed E-state index contributed by atoms with van der Waals surface area (Å²) in [6.45, 7) is 1.64. The van der Waals surface area contributed by atoms with Crippen molar-refractivity contribution < 1.29 is 4.79 Å². The molecular formula is C20H18ClN3OS2. The number of aromatic nitrogens is 1. The molecule has 1 amide bonds. The van der Waals surface area contributed by atoms with Crippen LogP contribution in [0.4, 0.5) is 0 Å². The molecule has 3 aromatic rings. The molecule has 1 N–H and O–H groups in total. The summed E-state index contributed by atoms with van der Waals surface area (Å²) in [6, 6.07) is 15.0. The van der Waals surface area contributed by atoms with Crippen molar-refractivity contribution in [2.45, 2.75) is 18.8 Å². The number of thiocarbonyl (C=S) groups is 1. The number of likely N-dealkylation sites (tertiary alicyclic amines) is 1. The van der Waals surface area contributed by atoms with Crippen LogP contribution in [-0.4, -0.2) is 34.0 Å². The molecule has 4 nitrogen and oxygen atoms in total. The van der Waals surface area contributed by atoms with Crippen LogP contribution in [0.1, 0.15) is 34.1 Å². The number of carbonyl (C=O) groups excluding carboxylic acids is 1. The minimum atomic E-state index is -0.204. The van der Waals surface area contributed by atoms with Gasteiger partial charge in [-0.25, -0.2) is 4.98 Å². The number of hydrogen-bond acceptors (Lipinski definition) is 4. The van der Waals surface area contributed by atoms with E-state index in [4.69, 9.17) is 28.8 Å². The molecule has 0 bridgehead atoms. The fourth-order valence-corrected chi connectivity index (χ4v) is 4.78. The third-order valence-corrected chi connectivity index (χ3v) is 6.58. The molecule has 7 heteroatoms. The minimum absolute atomic E-state index is 0.204. The first-order valence-corrected chi connectivity index (χ1v) is 10.4. The number of thiazole rings is 1. The highest BCUT2D eigenvalue weighted by Gasteiger charge is 2.25. The molecule has 0 spiro atoms. The van der Waals surface area contributed by atoms with Gasteiger partial charge in [-0.1, -0.05) is 23.7 Å². The predicted octanol–water partition coefficient (Wildman–Crippen LogP) is 4.84. The molecule has 0 atom stereocenters. The maximum atomic E-state index is 12.3. The zero-order valence-corrected chi connectivity index (χ0v) is 16.9. The predicted molar refractivity (Wildman–Crippen MR) is 115 cm³/mol. The molecule has 0 saturated carbocycles. The van der Waals surface area contributed by atoms with Crippen LogP contribution in [0.25, 0.3) is 10.2 Å². The van der Waals surface area contributed by atoms with Crippen LogP contribution in [0.3, 0.4) is 0 Å². The fraction of sp³-hybridized carbons (Fsp3) is 0.250. The van der Waals surface area contributed by atoms with Gasteiger partial charge < -0.3 is 4.90 Å². The van der Waals surface area contributed by atoms with Crippen molar-refractivity contribution >= 4 is 56.4 Å². The van der Waals surface area contributed by atoms with Gasteiger partial charge in [-0.3, -0.25) is 10.1 Å². The third kappa shape index (κ3) is 4.13. The number of hydrogen-bond donors (Lipinski definition) is 1. The lowest BCUT2D eigenvalue weighted by molar-refractivity contribution is 0.0972. The second-order valence-corrected chi connectivity index (χ2v) is 8.43. The molecule has 1 saturated heterocycles. The number of nitrogens with one attached hydrogen (secondary N) is 1. The average molecular weight is 416 g/mol. The summed E-state index contributed by atoms with van der Waals surface area (Å²) in [6.07, 6.45) is 1.97. The van der Waals surface area contributed by atoms with Crippen molar-refractivity contribution in [3.63, 3.8) is 0 Å². The van der Waals surface area contributed by atoms with E-state index in [0.29, 0.717) is 21.6 Å². The van der Waals surface area contributed by atoms with Crippen LogP contribution in [0, 0.1) is 0 Å². The average Bonchev–Trinajstić information content (AvgIpc) is 3.13. The van der Waals surface area contributed by atoms with E-state index in [1.54, 1.807) is 35.6 Å². The second-order valence-electron chi connectivity index (χ2n) is 6.55. The van der Waals surface area contributed by atoms with Gasteiger partial charge in [0.2, 0.25) is 0 Å². The van der Waals surface area contributed by atoms with Crippen LogP contribution < -0.4 is 5.32 Å². The molecule has 0 aliphatic carbocycles. The van der Waals surface area contributed by atoms with Crippen molar-refractivity contribution in [3.05, 3.63) is 64.1 Å². The van der Waals surface area contributed by atoms with E-state index in [2.05, 4.69) is 28.4 Å². The van der Waals surface area contributed by atoms with Crippen molar-refractivity contribution in [1.29, 1.82) is 0 Å². The van der Waals surface area contributed by atoms with E-state index in [9.17, 15) is 4.79 Å². The Balaban J connectivity index is 1.35. The van der Waals surface area contributed by atoms with Crippen molar-refractivity contribution in [2.75, 3.05) is 13.1 Å². The number of rotatable bonds is 2. The summed E-state index contributed by atoms with van der Waals surface area (Å²) in [5.74, 6) is 0.248. The highest BCUT2D eigenvalue weighted by Crippen LogP contribution is 2.33. The first kappa shape index (κ1) is 18.3. The largest absolute Gasteiger partial charge is 0.349 e. The summed E-state index contributed by atoms with van der Waals surface area (Å²) in [5.41, 5.74) is 1.62. The van der Waals surface area contributed by atoms with Crippen LogP contribution >= 0.6 is 35.2 Å². The molecule has 1 aliphatic rings. The van der Waals surface area contributed by atoms with Gasteiger partial charge in [-0.15, -0.1) is 11.3 Å². The molecule has 1 aromatic heterocycles. The summed E-state index contributed by atoms with van der Waals surface area (Å²) in [4.78, 5) is 19.2. The number of halogens is 1. The van der Waals surface area contributed by atoms with Crippen LogP contribution in [-0.2, 0) is 0 Å². The van der Waals surface area contributed by atoms with E-state index in [-0.39, 0.29) is 5.91 Å². The van der Waals surface area contributed by atoms with Crippen molar-refractivity contribution in [2.24, 2.45) is 0 Å². The SMILES string of the molecule is O=C(NC(=S)N1CCC(c2nc3ccccc3s2)CC1)c1ccc(Cl)cc1. The Bertz CT molecular complexity index is 945. The van der Waals surface area contributed by atoms with Gasteiger partial charge in [0, 0.05) is 29.6 Å². The normalized spacial score (nSPS) is 15.1. The first-order valence-electron chi connectivity index (χ1n) is 8.81. The Kier molecular flexibility index (Phi) is 5.38. The molecule has 27 heavy (non-hydrogen) atoms. The Hall–Kier alpha value is -2.02. The zero-order valence-electron chi connectivity index (χ0n) is 14.5. The fourth-order valence-electron chi connectivity index (χ4n) is 3.24. The van der Waals surface area contributed by atoms with Gasteiger partial charge in [0.25, 0.3) is 5.91 Å². The Morgan fingerprint density at radius 2 is 1.85 bits per heavy atom. The number of amides is 1. The third-order valence-electron chi connectivity index (χ3n) is 4.77. The Morgan fingerprint density at radius 1 is 1.15 bits per heavy atom. The Morgan fingerprint density at radius 3 is 2.56 bits per heavy atom. The number of fused-ring (bicyclic) bond motifs is 1. The minimum Gasteiger partial charge on any atom is -0.349 e. The molecule has 0 radical (unpaired) electrons. The van der Waals surface area contributed by atoms with Gasteiger partial charge in [0.1, 0.15) is 0 Å². The number of benzene rings is 2. The molecule has 1 fully saturated rings. The summed E-state index contributed by atoms with van der Waals surface area (Å²) < 4.78 is 1.24. The smallest absolute Gasteiger partial charge is 0.257 e. The van der Waals surface area contributed by atoms with Crippen molar-refractivity contribution in [1.82, 2.24) is 15.2 Å². The lowest BCUT2D eigenvalue weighted by Gasteiger charge is -2.32. The lowest BCUT2D eigenvalue weighted by Crippen LogP contribution is -2.46. The lowest BCUT2D eigenvalue weighted by atomic mass is 9.98. The number of para-hydroxylation sites is 1. The monoisotopic (exact) mass is 415 g/mol. The van der Waals surface area contributed by atoms with E-state index in [1.165, 1.54) is 9.71 Å². The zero-order chi connectivity index (χ0) is 18.8. The van der Waals surface area contributed by atoms with Gasteiger partial charge in [0.15, 0.2) is 5.11 Å². The maximum Gasteiger partial charge on any atom is 0.257 e. The first-order chi connectivity index (χ1) is 13.1. The quantitative estimate of drug-likeness (QED) is 0.608. The molecule has 1 aliphatic heterocycles. The molecule has 2 heterocycles. The summed E-state index contributed by atoms with van der Waals surface area (Å²) in [7, 11) is 0. The molecule has 0 unspecified atom stereocenters. The molecule has 4 rings (SSSR count). The van der Waals surface area contributed by atoms with Gasteiger partial charge in [0.05, 0.1) is 15.2 Å². The Labute approximate surface area is 172 Å². The van der Waals surface area contributed by atoms with Crippen LogP contribution in [0.15, 0.2) is 48.5 Å². The van der Waals surface area contributed by atoms with Crippen LogP contribution in [0.5, 0.6) is 0 Å². The van der Waals surface area contributed by atoms with Crippen LogP contribution in [0.2, 0.25) is 5.02 Å². The number of carbonyl (C=O) groups is 1. The van der Waals surface area contributed by atoms with Gasteiger partial charge in [-0.05, 0) is 61.5 Å². The maximum absolute atomic E-state index is 12.3. The summed E-state index contributed by atoms with van der Waals surface area (Å²) >= 11 is 13.1. The number of nitrogens with zero attached hydrogens (tertiary/aromatic N) is 2. The highest BCUT2D eigenvalue weighted by molar-refractivity contribution is 7.80. The molecular weight excluding hydrogens is 398 g/mol. The second kappa shape index (κ2) is 7.92. The van der Waals surface area contributed by atoms with E-state index >= 15 is 0 Å². The van der Waals surface area contributed by atoms with E-state index < -0.39 is 0 Å². The van der Waals surface area contributed by atoms with Crippen molar-refractivity contribution in [3.8, 4) is 0 Å². The topological polar surface area (TPSA) is 45.2 Å². The highest BCUT2D eigenvalue weighted by atomic mass is 35.5. The number of piperidine rings is 1. The molecule has 138 valence electrons. The van der Waals surface area contributed by atoms with Gasteiger partial charge in [-0.2, -0.15) is 0 Å². The summed E-state index contributed by atoms with van der Waals surface area (Å²) in [5, 5.41) is 5.11.